The van der Waals surface area contributed by atoms with E-state index in [0.717, 1.165) is 6.26 Å². The Balaban J connectivity index is 4.02. The van der Waals surface area contributed by atoms with E-state index in [4.69, 9.17) is 0 Å². The molecule has 0 heterocycles. The third kappa shape index (κ3) is 7.52. The summed E-state index contributed by atoms with van der Waals surface area (Å²) in [6.07, 6.45) is 4.10. The summed E-state index contributed by atoms with van der Waals surface area (Å²) < 4.78 is 21.6. The van der Waals surface area contributed by atoms with Crippen molar-refractivity contribution in [2.45, 2.75) is 19.9 Å². The normalized spacial score (nSPS) is 14.4. The molecule has 0 aromatic rings. The molecule has 0 aliphatic carbocycles. The second-order valence-electron chi connectivity index (χ2n) is 3.00. The predicted molar refractivity (Wildman–Crippen MR) is 52.1 cm³/mol. The van der Waals surface area contributed by atoms with Crippen molar-refractivity contribution in [3.63, 3.8) is 0 Å². The third-order valence-electron chi connectivity index (χ3n) is 1.26. The van der Waals surface area contributed by atoms with E-state index < -0.39 is 9.84 Å². The number of carbonyl (C=O) groups excluding carboxylic acids is 1. The highest BCUT2D eigenvalue weighted by Crippen LogP contribution is 1.90. The summed E-state index contributed by atoms with van der Waals surface area (Å²) >= 11 is 0. The van der Waals surface area contributed by atoms with E-state index in [2.05, 4.69) is 5.32 Å². The summed E-state index contributed by atoms with van der Waals surface area (Å²) in [5, 5.41) is 2.53. The zero-order chi connectivity index (χ0) is 10.5. The number of amides is 1. The molecule has 0 aliphatic heterocycles. The molecule has 0 fully saturated rings. The Morgan fingerprint density at radius 1 is 1.54 bits per heavy atom. The van der Waals surface area contributed by atoms with Gasteiger partial charge in [0.05, 0.1) is 5.75 Å². The van der Waals surface area contributed by atoms with Crippen molar-refractivity contribution in [3.8, 4) is 0 Å². The van der Waals surface area contributed by atoms with Crippen molar-refractivity contribution < 1.29 is 13.2 Å². The van der Waals surface area contributed by atoms with Crippen LogP contribution in [-0.2, 0) is 14.6 Å². The van der Waals surface area contributed by atoms with Gasteiger partial charge in [-0.3, -0.25) is 4.79 Å². The minimum Gasteiger partial charge on any atom is -0.349 e. The summed E-state index contributed by atoms with van der Waals surface area (Å²) in [7, 11) is -3.02. The highest BCUT2D eigenvalue weighted by atomic mass is 32.2. The molecule has 1 amide bonds. The molecule has 1 unspecified atom stereocenters. The third-order valence-corrected chi connectivity index (χ3v) is 2.36. The minimum atomic E-state index is -3.02. The van der Waals surface area contributed by atoms with Gasteiger partial charge in [0.1, 0.15) is 9.84 Å². The molecule has 0 saturated heterocycles. The van der Waals surface area contributed by atoms with E-state index >= 15 is 0 Å². The average molecular weight is 205 g/mol. The fraction of sp³-hybridized carbons (Fsp3) is 0.625. The van der Waals surface area contributed by atoms with Gasteiger partial charge in [-0.05, 0) is 19.9 Å². The molecule has 0 spiro atoms. The molecule has 1 N–H and O–H groups in total. The van der Waals surface area contributed by atoms with E-state index in [1.165, 1.54) is 6.08 Å². The lowest BCUT2D eigenvalue weighted by atomic mass is 10.4. The molecule has 0 rings (SSSR count). The maximum absolute atomic E-state index is 10.9. The number of sulfone groups is 1. The fourth-order valence-electron chi connectivity index (χ4n) is 0.938. The Hall–Kier alpha value is -0.840. The number of hydrogen-bond donors (Lipinski definition) is 1. The SMILES string of the molecule is CC=CC(=O)NC(C)CS(C)(=O)=O. The first kappa shape index (κ1) is 12.2. The van der Waals surface area contributed by atoms with Crippen molar-refractivity contribution in [3.05, 3.63) is 12.2 Å². The summed E-state index contributed by atoms with van der Waals surface area (Å²) in [6, 6.07) is -0.348. The zero-order valence-corrected chi connectivity index (χ0v) is 8.89. The van der Waals surface area contributed by atoms with Gasteiger partial charge in [0.2, 0.25) is 5.91 Å². The Morgan fingerprint density at radius 3 is 2.46 bits per heavy atom. The van der Waals surface area contributed by atoms with Crippen molar-refractivity contribution in [1.29, 1.82) is 0 Å². The highest BCUT2D eigenvalue weighted by Gasteiger charge is 2.11. The molecule has 1 atom stereocenters. The first-order valence-electron chi connectivity index (χ1n) is 3.96. The molecule has 13 heavy (non-hydrogen) atoms. The number of carbonyl (C=O) groups is 1. The maximum atomic E-state index is 10.9. The summed E-state index contributed by atoms with van der Waals surface area (Å²) in [4.78, 5) is 10.9. The van der Waals surface area contributed by atoms with Gasteiger partial charge >= 0.3 is 0 Å². The summed E-state index contributed by atoms with van der Waals surface area (Å²) in [5.41, 5.74) is 0. The van der Waals surface area contributed by atoms with Crippen LogP contribution in [0.15, 0.2) is 12.2 Å². The quantitative estimate of drug-likeness (QED) is 0.663. The Morgan fingerprint density at radius 2 is 2.08 bits per heavy atom. The Bertz CT molecular complexity index is 293. The van der Waals surface area contributed by atoms with Crippen LogP contribution >= 0.6 is 0 Å². The maximum Gasteiger partial charge on any atom is 0.243 e. The second-order valence-corrected chi connectivity index (χ2v) is 5.19. The van der Waals surface area contributed by atoms with Gasteiger partial charge in [0.15, 0.2) is 0 Å². The highest BCUT2D eigenvalue weighted by molar-refractivity contribution is 7.90. The van der Waals surface area contributed by atoms with Gasteiger partial charge in [0.25, 0.3) is 0 Å². The van der Waals surface area contributed by atoms with Crippen LogP contribution in [0, 0.1) is 0 Å². The fourth-order valence-corrected chi connectivity index (χ4v) is 1.93. The molecular formula is C8H15NO3S. The van der Waals surface area contributed by atoms with Crippen LogP contribution in [0.3, 0.4) is 0 Å². The number of nitrogens with one attached hydrogen (secondary N) is 1. The summed E-state index contributed by atoms with van der Waals surface area (Å²) in [5.74, 6) is -0.297. The molecule has 0 radical (unpaired) electrons. The van der Waals surface area contributed by atoms with Crippen LogP contribution < -0.4 is 5.32 Å². The van der Waals surface area contributed by atoms with Crippen LogP contribution in [0.2, 0.25) is 0 Å². The molecule has 0 saturated carbocycles. The van der Waals surface area contributed by atoms with E-state index in [1.807, 2.05) is 0 Å². The average Bonchev–Trinajstić information content (AvgIpc) is 1.81. The second kappa shape index (κ2) is 5.01. The van der Waals surface area contributed by atoms with Crippen LogP contribution in [0.5, 0.6) is 0 Å². The molecular weight excluding hydrogens is 190 g/mol. The summed E-state index contributed by atoms with van der Waals surface area (Å²) in [6.45, 7) is 3.38. The molecule has 76 valence electrons. The lowest BCUT2D eigenvalue weighted by molar-refractivity contribution is -0.116. The molecule has 5 heteroatoms. The van der Waals surface area contributed by atoms with Crippen molar-refractivity contribution in [1.82, 2.24) is 5.32 Å². The molecule has 0 aromatic heterocycles. The van der Waals surface area contributed by atoms with Crippen molar-refractivity contribution in [2.24, 2.45) is 0 Å². The number of hydrogen-bond acceptors (Lipinski definition) is 3. The lowest BCUT2D eigenvalue weighted by Gasteiger charge is -2.10. The van der Waals surface area contributed by atoms with Gasteiger partial charge in [-0.25, -0.2) is 8.42 Å². The van der Waals surface area contributed by atoms with Gasteiger partial charge in [-0.2, -0.15) is 0 Å². The van der Waals surface area contributed by atoms with E-state index in [-0.39, 0.29) is 17.7 Å². The minimum absolute atomic E-state index is 0.0315. The Labute approximate surface area is 78.9 Å². The standard InChI is InChI=1S/C8H15NO3S/c1-4-5-8(10)9-7(2)6-13(3,11)12/h4-5,7H,6H2,1-3H3,(H,9,10). The van der Waals surface area contributed by atoms with Crippen LogP contribution in [-0.4, -0.2) is 32.4 Å². The molecule has 0 aromatic carbocycles. The van der Waals surface area contributed by atoms with Gasteiger partial charge < -0.3 is 5.32 Å². The predicted octanol–water partition coefficient (Wildman–Crippen LogP) is 0.112. The van der Waals surface area contributed by atoms with Gasteiger partial charge in [0, 0.05) is 12.3 Å². The topological polar surface area (TPSA) is 63.2 Å². The van der Waals surface area contributed by atoms with Gasteiger partial charge in [-0.1, -0.05) is 6.08 Å². The molecule has 4 nitrogen and oxygen atoms in total. The molecule has 0 bridgehead atoms. The smallest absolute Gasteiger partial charge is 0.243 e. The first-order chi connectivity index (χ1) is 5.85. The molecule has 0 aliphatic rings. The number of allylic oxidation sites excluding steroid dienone is 1. The monoisotopic (exact) mass is 205 g/mol. The van der Waals surface area contributed by atoms with Gasteiger partial charge in [-0.15, -0.1) is 0 Å². The van der Waals surface area contributed by atoms with Crippen LogP contribution in [0.4, 0.5) is 0 Å². The zero-order valence-electron chi connectivity index (χ0n) is 8.07. The van der Waals surface area contributed by atoms with Crippen molar-refractivity contribution in [2.75, 3.05) is 12.0 Å². The Kier molecular flexibility index (Phi) is 4.69. The lowest BCUT2D eigenvalue weighted by Crippen LogP contribution is -2.36. The van der Waals surface area contributed by atoms with Crippen LogP contribution in [0.1, 0.15) is 13.8 Å². The largest absolute Gasteiger partial charge is 0.349 e. The number of rotatable bonds is 4. The van der Waals surface area contributed by atoms with Crippen molar-refractivity contribution >= 4 is 15.7 Å². The van der Waals surface area contributed by atoms with E-state index in [9.17, 15) is 13.2 Å². The van der Waals surface area contributed by atoms with Crippen LogP contribution in [0.25, 0.3) is 0 Å². The van der Waals surface area contributed by atoms with E-state index in [0.29, 0.717) is 0 Å². The van der Waals surface area contributed by atoms with E-state index in [1.54, 1.807) is 19.9 Å². The first-order valence-corrected chi connectivity index (χ1v) is 6.02.